The highest BCUT2D eigenvalue weighted by atomic mass is 35.5. The highest BCUT2D eigenvalue weighted by Crippen LogP contribution is 2.26. The van der Waals surface area contributed by atoms with Crippen LogP contribution in [0.4, 0.5) is 0 Å². The molecule has 1 fully saturated rings. The quantitative estimate of drug-likeness (QED) is 0.848. The third-order valence-corrected chi connectivity index (χ3v) is 3.92. The van der Waals surface area contributed by atoms with Crippen molar-refractivity contribution in [1.29, 1.82) is 0 Å². The van der Waals surface area contributed by atoms with E-state index in [1.54, 1.807) is 0 Å². The molecule has 1 aromatic carbocycles. The van der Waals surface area contributed by atoms with E-state index >= 15 is 0 Å². The monoisotopic (exact) mass is 253 g/mol. The number of aliphatic hydroxyl groups excluding tert-OH is 1. The average molecular weight is 254 g/mol. The first-order chi connectivity index (χ1) is 8.18. The van der Waals surface area contributed by atoms with Crippen LogP contribution >= 0.6 is 11.6 Å². The molecule has 0 bridgehead atoms. The maximum Gasteiger partial charge on any atom is 0.0943 e. The second-order valence-corrected chi connectivity index (χ2v) is 5.27. The number of hydrogen-bond donors (Lipinski definition) is 2. The first kappa shape index (κ1) is 12.9. The third-order valence-electron chi connectivity index (χ3n) is 3.52. The maximum absolute atomic E-state index is 10.4. The molecule has 0 aliphatic carbocycles. The van der Waals surface area contributed by atoms with E-state index in [1.807, 2.05) is 25.1 Å². The molecule has 1 aliphatic heterocycles. The van der Waals surface area contributed by atoms with Crippen molar-refractivity contribution in [2.24, 2.45) is 0 Å². The van der Waals surface area contributed by atoms with E-state index in [2.05, 4.69) is 5.32 Å². The van der Waals surface area contributed by atoms with Gasteiger partial charge in [0.05, 0.1) is 6.10 Å². The zero-order valence-electron chi connectivity index (χ0n) is 10.2. The molecule has 1 aromatic rings. The Morgan fingerprint density at radius 3 is 2.94 bits per heavy atom. The fraction of sp³-hybridized carbons (Fsp3) is 0.571. The Morgan fingerprint density at radius 2 is 2.18 bits per heavy atom. The molecule has 0 aromatic heterocycles. The molecule has 3 heteroatoms. The molecule has 2 atom stereocenters. The largest absolute Gasteiger partial charge is 0.387 e. The Bertz CT molecular complexity index is 372. The third kappa shape index (κ3) is 3.21. The summed E-state index contributed by atoms with van der Waals surface area (Å²) in [6.45, 7) is 2.98. The van der Waals surface area contributed by atoms with Crippen molar-refractivity contribution >= 4 is 11.6 Å². The van der Waals surface area contributed by atoms with Crippen LogP contribution in [0.5, 0.6) is 0 Å². The summed E-state index contributed by atoms with van der Waals surface area (Å²) in [4.78, 5) is 0. The van der Waals surface area contributed by atoms with Crippen LogP contribution in [0, 0.1) is 6.92 Å². The Hall–Kier alpha value is -0.570. The van der Waals surface area contributed by atoms with E-state index in [9.17, 15) is 5.11 Å². The molecule has 94 valence electrons. The van der Waals surface area contributed by atoms with Crippen molar-refractivity contribution in [3.63, 3.8) is 0 Å². The second kappa shape index (κ2) is 5.85. The van der Waals surface area contributed by atoms with Crippen molar-refractivity contribution in [1.82, 2.24) is 5.32 Å². The van der Waals surface area contributed by atoms with Gasteiger partial charge < -0.3 is 10.4 Å². The summed E-state index contributed by atoms with van der Waals surface area (Å²) in [5, 5.41) is 14.5. The van der Waals surface area contributed by atoms with Crippen LogP contribution in [0.25, 0.3) is 0 Å². The molecule has 0 spiro atoms. The molecule has 1 heterocycles. The minimum atomic E-state index is -0.453. The first-order valence-electron chi connectivity index (χ1n) is 6.36. The Kier molecular flexibility index (Phi) is 4.43. The van der Waals surface area contributed by atoms with Gasteiger partial charge in [0.25, 0.3) is 0 Å². The maximum atomic E-state index is 10.4. The minimum Gasteiger partial charge on any atom is -0.387 e. The molecule has 2 nitrogen and oxygen atoms in total. The number of hydrogen-bond acceptors (Lipinski definition) is 2. The van der Waals surface area contributed by atoms with Gasteiger partial charge in [-0.2, -0.15) is 0 Å². The van der Waals surface area contributed by atoms with Crippen molar-refractivity contribution in [2.45, 2.75) is 44.8 Å². The Balaban J connectivity index is 2.11. The average Bonchev–Trinajstić information content (AvgIpc) is 2.60. The second-order valence-electron chi connectivity index (χ2n) is 4.86. The molecule has 2 N–H and O–H groups in total. The molecular formula is C14H20ClNO. The number of benzene rings is 1. The van der Waals surface area contributed by atoms with Crippen LogP contribution in [-0.4, -0.2) is 17.7 Å². The Labute approximate surface area is 108 Å². The van der Waals surface area contributed by atoms with Gasteiger partial charge in [-0.15, -0.1) is 0 Å². The van der Waals surface area contributed by atoms with Crippen LogP contribution in [0.3, 0.4) is 0 Å². The number of halogens is 1. The van der Waals surface area contributed by atoms with Crippen molar-refractivity contribution in [3.05, 3.63) is 34.3 Å². The number of rotatable bonds is 2. The molecule has 0 amide bonds. The molecule has 0 saturated carbocycles. The van der Waals surface area contributed by atoms with Crippen LogP contribution < -0.4 is 5.32 Å². The summed E-state index contributed by atoms with van der Waals surface area (Å²) in [6.07, 6.45) is 4.23. The summed E-state index contributed by atoms with van der Waals surface area (Å²) in [7, 11) is 0. The lowest BCUT2D eigenvalue weighted by Gasteiger charge is -2.23. The van der Waals surface area contributed by atoms with Gasteiger partial charge >= 0.3 is 0 Å². The van der Waals surface area contributed by atoms with Gasteiger partial charge in [0.2, 0.25) is 0 Å². The summed E-state index contributed by atoms with van der Waals surface area (Å²) < 4.78 is 0. The predicted molar refractivity (Wildman–Crippen MR) is 71.4 cm³/mol. The molecule has 1 aliphatic rings. The highest BCUT2D eigenvalue weighted by molar-refractivity contribution is 6.31. The number of aliphatic hydroxyl groups is 1. The van der Waals surface area contributed by atoms with Gasteiger partial charge in [-0.1, -0.05) is 36.6 Å². The minimum absolute atomic E-state index is 0.163. The van der Waals surface area contributed by atoms with Crippen molar-refractivity contribution in [3.8, 4) is 0 Å². The summed E-state index contributed by atoms with van der Waals surface area (Å²) in [5.74, 6) is 0. The van der Waals surface area contributed by atoms with E-state index < -0.39 is 6.10 Å². The molecule has 2 rings (SSSR count). The van der Waals surface area contributed by atoms with Gasteiger partial charge in [0, 0.05) is 11.1 Å². The molecule has 0 radical (unpaired) electrons. The van der Waals surface area contributed by atoms with Gasteiger partial charge in [0.15, 0.2) is 0 Å². The summed E-state index contributed by atoms with van der Waals surface area (Å²) in [5.41, 5.74) is 1.97. The molecule has 17 heavy (non-hydrogen) atoms. The van der Waals surface area contributed by atoms with E-state index in [0.717, 1.165) is 29.1 Å². The van der Waals surface area contributed by atoms with Gasteiger partial charge in [0.1, 0.15) is 0 Å². The van der Waals surface area contributed by atoms with Crippen LogP contribution in [0.15, 0.2) is 18.2 Å². The lowest BCUT2D eigenvalue weighted by atomic mass is 9.98. The van der Waals surface area contributed by atoms with Gasteiger partial charge in [-0.3, -0.25) is 0 Å². The molecular weight excluding hydrogens is 234 g/mol. The highest BCUT2D eigenvalue weighted by Gasteiger charge is 2.21. The SMILES string of the molecule is Cc1ccc(C(O)C2CCCCCN2)cc1Cl. The van der Waals surface area contributed by atoms with E-state index in [1.165, 1.54) is 19.3 Å². The fourth-order valence-electron chi connectivity index (χ4n) is 2.35. The van der Waals surface area contributed by atoms with E-state index in [-0.39, 0.29) is 6.04 Å². The lowest BCUT2D eigenvalue weighted by Crippen LogP contribution is -2.34. The van der Waals surface area contributed by atoms with E-state index in [0.29, 0.717) is 0 Å². The predicted octanol–water partition coefficient (Wildman–Crippen LogP) is 3.21. The Morgan fingerprint density at radius 1 is 1.35 bits per heavy atom. The van der Waals surface area contributed by atoms with Gasteiger partial charge in [-0.05, 0) is 43.5 Å². The van der Waals surface area contributed by atoms with Crippen molar-refractivity contribution in [2.75, 3.05) is 6.54 Å². The zero-order chi connectivity index (χ0) is 12.3. The lowest BCUT2D eigenvalue weighted by molar-refractivity contribution is 0.126. The summed E-state index contributed by atoms with van der Waals surface area (Å²) in [6, 6.07) is 5.99. The fourth-order valence-corrected chi connectivity index (χ4v) is 2.54. The first-order valence-corrected chi connectivity index (χ1v) is 6.74. The normalized spacial score (nSPS) is 23.1. The number of aryl methyl sites for hydroxylation is 1. The molecule has 1 saturated heterocycles. The van der Waals surface area contributed by atoms with Crippen LogP contribution in [0.1, 0.15) is 42.9 Å². The van der Waals surface area contributed by atoms with Crippen LogP contribution in [-0.2, 0) is 0 Å². The molecule has 2 unspecified atom stereocenters. The topological polar surface area (TPSA) is 32.3 Å². The van der Waals surface area contributed by atoms with E-state index in [4.69, 9.17) is 11.6 Å². The van der Waals surface area contributed by atoms with Gasteiger partial charge in [-0.25, -0.2) is 0 Å². The van der Waals surface area contributed by atoms with Crippen molar-refractivity contribution < 1.29 is 5.11 Å². The summed E-state index contributed by atoms with van der Waals surface area (Å²) >= 11 is 6.10. The van der Waals surface area contributed by atoms with Crippen LogP contribution in [0.2, 0.25) is 5.02 Å². The zero-order valence-corrected chi connectivity index (χ0v) is 11.0. The smallest absolute Gasteiger partial charge is 0.0943 e. The standard InChI is InChI=1S/C14H20ClNO/c1-10-6-7-11(9-12(10)15)14(17)13-5-3-2-4-8-16-13/h6-7,9,13-14,16-17H,2-5,8H2,1H3. The number of nitrogens with one attached hydrogen (secondary N) is 1.